The predicted octanol–water partition coefficient (Wildman–Crippen LogP) is 2.67. The molecule has 0 aliphatic carbocycles. The highest BCUT2D eigenvalue weighted by Crippen LogP contribution is 2.36. The fourth-order valence-electron chi connectivity index (χ4n) is 3.43. The molecule has 3 heterocycles. The van der Waals surface area contributed by atoms with Crippen LogP contribution in [0.4, 0.5) is 0 Å². The van der Waals surface area contributed by atoms with Gasteiger partial charge in [-0.05, 0) is 23.8 Å². The molecule has 0 saturated heterocycles. The monoisotopic (exact) mass is 365 g/mol. The van der Waals surface area contributed by atoms with Gasteiger partial charge in [-0.1, -0.05) is 24.0 Å². The number of fused-ring (bicyclic) bond motifs is 1. The molecule has 0 bridgehead atoms. The molecule has 0 radical (unpaired) electrons. The van der Waals surface area contributed by atoms with Crippen LogP contribution >= 0.6 is 11.3 Å². The van der Waals surface area contributed by atoms with Crippen molar-refractivity contribution in [2.45, 2.75) is 19.0 Å². The Bertz CT molecular complexity index is 967. The van der Waals surface area contributed by atoms with Crippen LogP contribution in [0.1, 0.15) is 33.4 Å². The molecule has 1 aliphatic heterocycles. The Morgan fingerprint density at radius 3 is 3.12 bits per heavy atom. The van der Waals surface area contributed by atoms with Gasteiger partial charge in [0.25, 0.3) is 0 Å². The van der Waals surface area contributed by atoms with E-state index in [2.05, 4.69) is 32.8 Å². The molecule has 1 aliphatic rings. The zero-order chi connectivity index (χ0) is 17.9. The van der Waals surface area contributed by atoms with Crippen LogP contribution in [0.2, 0.25) is 0 Å². The summed E-state index contributed by atoms with van der Waals surface area (Å²) < 4.78 is 0. The maximum Gasteiger partial charge on any atom is 0.115 e. The van der Waals surface area contributed by atoms with Gasteiger partial charge >= 0.3 is 0 Å². The maximum atomic E-state index is 9.92. The van der Waals surface area contributed by atoms with E-state index in [1.807, 2.05) is 23.6 Å². The number of phenolic OH excluding ortho intramolecular Hbond substituents is 1. The SMILES string of the molecule is OCC#Cc1csc(CN2CCc3[nH]cnc3[C@H]2c2cccc(O)c2)c1. The molecule has 4 rings (SSSR count). The summed E-state index contributed by atoms with van der Waals surface area (Å²) in [6.45, 7) is 1.57. The number of phenols is 1. The van der Waals surface area contributed by atoms with Gasteiger partial charge in [-0.3, -0.25) is 4.90 Å². The normalized spacial score (nSPS) is 16.7. The summed E-state index contributed by atoms with van der Waals surface area (Å²) in [5.41, 5.74) is 4.16. The third kappa shape index (κ3) is 3.37. The van der Waals surface area contributed by atoms with Crippen molar-refractivity contribution in [2.24, 2.45) is 0 Å². The molecule has 0 unspecified atom stereocenters. The zero-order valence-corrected chi connectivity index (χ0v) is 15.0. The number of imidazole rings is 1. The molecule has 2 aromatic heterocycles. The summed E-state index contributed by atoms with van der Waals surface area (Å²) in [7, 11) is 0. The van der Waals surface area contributed by atoms with Crippen molar-refractivity contribution in [1.29, 1.82) is 0 Å². The number of aromatic hydroxyl groups is 1. The first kappa shape index (κ1) is 16.9. The number of nitrogens with zero attached hydrogens (tertiary/aromatic N) is 2. The number of aliphatic hydroxyl groups excluding tert-OH is 1. The van der Waals surface area contributed by atoms with Crippen molar-refractivity contribution in [2.75, 3.05) is 13.2 Å². The molecule has 3 aromatic rings. The second-order valence-electron chi connectivity index (χ2n) is 6.25. The molecule has 3 N–H and O–H groups in total. The summed E-state index contributed by atoms with van der Waals surface area (Å²) in [4.78, 5) is 11.4. The largest absolute Gasteiger partial charge is 0.508 e. The lowest BCUT2D eigenvalue weighted by Gasteiger charge is -2.35. The number of benzene rings is 1. The van der Waals surface area contributed by atoms with Gasteiger partial charge in [-0.2, -0.15) is 0 Å². The van der Waals surface area contributed by atoms with Gasteiger partial charge < -0.3 is 15.2 Å². The molecular weight excluding hydrogens is 346 g/mol. The first-order chi connectivity index (χ1) is 12.7. The zero-order valence-electron chi connectivity index (χ0n) is 14.1. The van der Waals surface area contributed by atoms with E-state index in [0.29, 0.717) is 0 Å². The molecule has 0 amide bonds. The Labute approximate surface area is 156 Å². The standard InChI is InChI=1S/C20H19N3O2S/c24-8-2-3-14-9-17(26-12-14)11-23-7-6-18-19(22-13-21-18)20(23)15-4-1-5-16(25)10-15/h1,4-5,9-10,12-13,20,24-25H,6-8,11H2,(H,21,22)/t20-/m1/s1. The molecule has 132 valence electrons. The fraction of sp³-hybridized carbons (Fsp3) is 0.250. The molecule has 26 heavy (non-hydrogen) atoms. The molecule has 1 atom stereocenters. The molecular formula is C20H19N3O2S. The van der Waals surface area contributed by atoms with E-state index in [0.717, 1.165) is 42.0 Å². The van der Waals surface area contributed by atoms with Crippen molar-refractivity contribution in [3.63, 3.8) is 0 Å². The van der Waals surface area contributed by atoms with Gasteiger partial charge in [-0.15, -0.1) is 11.3 Å². The van der Waals surface area contributed by atoms with Crippen LogP contribution < -0.4 is 0 Å². The second-order valence-corrected chi connectivity index (χ2v) is 7.24. The Morgan fingerprint density at radius 1 is 1.35 bits per heavy atom. The number of rotatable bonds is 3. The Kier molecular flexibility index (Phi) is 4.76. The number of nitrogens with one attached hydrogen (secondary N) is 1. The van der Waals surface area contributed by atoms with Crippen LogP contribution in [0.15, 0.2) is 42.0 Å². The fourth-order valence-corrected chi connectivity index (χ4v) is 4.27. The summed E-state index contributed by atoms with van der Waals surface area (Å²) >= 11 is 1.67. The van der Waals surface area contributed by atoms with Gasteiger partial charge in [0.1, 0.15) is 12.4 Å². The molecule has 0 saturated carbocycles. The lowest BCUT2D eigenvalue weighted by Crippen LogP contribution is -2.35. The molecule has 6 heteroatoms. The van der Waals surface area contributed by atoms with Crippen molar-refractivity contribution in [3.8, 4) is 17.6 Å². The van der Waals surface area contributed by atoms with E-state index in [-0.39, 0.29) is 18.4 Å². The van der Waals surface area contributed by atoms with Gasteiger partial charge in [0.2, 0.25) is 0 Å². The van der Waals surface area contributed by atoms with E-state index in [4.69, 9.17) is 5.11 Å². The smallest absolute Gasteiger partial charge is 0.115 e. The van der Waals surface area contributed by atoms with Crippen LogP contribution in [0.25, 0.3) is 0 Å². The quantitative estimate of drug-likeness (QED) is 0.624. The molecule has 0 spiro atoms. The number of thiophene rings is 1. The third-order valence-electron chi connectivity index (χ3n) is 4.54. The number of H-pyrrole nitrogens is 1. The number of hydrogen-bond donors (Lipinski definition) is 3. The van der Waals surface area contributed by atoms with Crippen molar-refractivity contribution in [1.82, 2.24) is 14.9 Å². The summed E-state index contributed by atoms with van der Waals surface area (Å²) in [6.07, 6.45) is 2.67. The highest BCUT2D eigenvalue weighted by molar-refractivity contribution is 7.10. The topological polar surface area (TPSA) is 72.4 Å². The van der Waals surface area contributed by atoms with Gasteiger partial charge in [0, 0.05) is 41.0 Å². The van der Waals surface area contributed by atoms with E-state index in [1.54, 1.807) is 23.7 Å². The van der Waals surface area contributed by atoms with E-state index in [1.165, 1.54) is 4.88 Å². The van der Waals surface area contributed by atoms with E-state index in [9.17, 15) is 5.11 Å². The third-order valence-corrected chi connectivity index (χ3v) is 5.46. The number of hydrogen-bond acceptors (Lipinski definition) is 5. The van der Waals surface area contributed by atoms with Crippen molar-refractivity contribution < 1.29 is 10.2 Å². The first-order valence-corrected chi connectivity index (χ1v) is 9.35. The van der Waals surface area contributed by atoms with E-state index >= 15 is 0 Å². The van der Waals surface area contributed by atoms with Crippen LogP contribution in [0.5, 0.6) is 5.75 Å². The van der Waals surface area contributed by atoms with Crippen molar-refractivity contribution in [3.05, 3.63) is 69.4 Å². The predicted molar refractivity (Wildman–Crippen MR) is 101 cm³/mol. The minimum absolute atomic E-state index is 0.00572. The van der Waals surface area contributed by atoms with Crippen LogP contribution in [0, 0.1) is 11.8 Å². The number of aromatic amines is 1. The average molecular weight is 365 g/mol. The summed E-state index contributed by atoms with van der Waals surface area (Å²) in [6, 6.07) is 9.49. The molecule has 0 fully saturated rings. The Hall–Kier alpha value is -2.59. The minimum atomic E-state index is -0.126. The Balaban J connectivity index is 1.65. The minimum Gasteiger partial charge on any atom is -0.508 e. The maximum absolute atomic E-state index is 9.92. The van der Waals surface area contributed by atoms with Gasteiger partial charge in [0.15, 0.2) is 0 Å². The Morgan fingerprint density at radius 2 is 2.27 bits per heavy atom. The number of aliphatic hydroxyl groups is 1. The lowest BCUT2D eigenvalue weighted by atomic mass is 9.95. The molecule has 1 aromatic carbocycles. The highest BCUT2D eigenvalue weighted by Gasteiger charge is 2.31. The summed E-state index contributed by atoms with van der Waals surface area (Å²) in [5.74, 6) is 5.91. The van der Waals surface area contributed by atoms with Crippen LogP contribution in [-0.2, 0) is 13.0 Å². The first-order valence-electron chi connectivity index (χ1n) is 8.47. The second kappa shape index (κ2) is 7.34. The average Bonchev–Trinajstić information content (AvgIpc) is 3.29. The van der Waals surface area contributed by atoms with Crippen LogP contribution in [0.3, 0.4) is 0 Å². The number of aromatic nitrogens is 2. The van der Waals surface area contributed by atoms with Gasteiger partial charge in [-0.25, -0.2) is 4.98 Å². The van der Waals surface area contributed by atoms with E-state index < -0.39 is 0 Å². The highest BCUT2D eigenvalue weighted by atomic mass is 32.1. The van der Waals surface area contributed by atoms with Crippen LogP contribution in [-0.4, -0.2) is 38.2 Å². The molecule has 5 nitrogen and oxygen atoms in total. The lowest BCUT2D eigenvalue weighted by molar-refractivity contribution is 0.202. The summed E-state index contributed by atoms with van der Waals surface area (Å²) in [5, 5.41) is 20.8. The van der Waals surface area contributed by atoms with Crippen molar-refractivity contribution >= 4 is 11.3 Å². The van der Waals surface area contributed by atoms with Gasteiger partial charge in [0.05, 0.1) is 18.1 Å².